The summed E-state index contributed by atoms with van der Waals surface area (Å²) in [5.74, 6) is -0.0379. The Balaban J connectivity index is 1.61. The average Bonchev–Trinajstić information content (AvgIpc) is 2.82. The van der Waals surface area contributed by atoms with Crippen LogP contribution in [-0.2, 0) is 18.3 Å². The van der Waals surface area contributed by atoms with Gasteiger partial charge in [0.15, 0.2) is 0 Å². The molecule has 2 aliphatic rings. The SMILES string of the molecule is Cn1ncc2c1CCCC2NC1CCC(C(N)=O)CC1. The number of hydrogen-bond acceptors (Lipinski definition) is 3. The number of fused-ring (bicyclic) bond motifs is 1. The molecule has 2 aliphatic carbocycles. The Hall–Kier alpha value is -1.36. The first-order chi connectivity index (χ1) is 9.65. The first kappa shape index (κ1) is 13.6. The molecule has 0 saturated heterocycles. The lowest BCUT2D eigenvalue weighted by Gasteiger charge is -2.32. The van der Waals surface area contributed by atoms with E-state index in [0.29, 0.717) is 12.1 Å². The number of nitrogens with two attached hydrogens (primary N) is 1. The number of rotatable bonds is 3. The van der Waals surface area contributed by atoms with Crippen molar-refractivity contribution in [3.8, 4) is 0 Å². The molecule has 1 fully saturated rings. The molecule has 3 rings (SSSR count). The first-order valence-electron chi connectivity index (χ1n) is 7.71. The monoisotopic (exact) mass is 276 g/mol. The Morgan fingerprint density at radius 1 is 1.35 bits per heavy atom. The smallest absolute Gasteiger partial charge is 0.220 e. The molecule has 1 unspecified atom stereocenters. The molecule has 0 spiro atoms. The molecule has 1 heterocycles. The Morgan fingerprint density at radius 2 is 2.10 bits per heavy atom. The zero-order chi connectivity index (χ0) is 14.1. The van der Waals surface area contributed by atoms with Crippen LogP contribution in [0.5, 0.6) is 0 Å². The summed E-state index contributed by atoms with van der Waals surface area (Å²) in [5, 5.41) is 8.17. The van der Waals surface area contributed by atoms with E-state index in [4.69, 9.17) is 5.73 Å². The highest BCUT2D eigenvalue weighted by molar-refractivity contribution is 5.76. The van der Waals surface area contributed by atoms with Gasteiger partial charge >= 0.3 is 0 Å². The third-order valence-electron chi connectivity index (χ3n) is 4.94. The third-order valence-corrected chi connectivity index (χ3v) is 4.94. The van der Waals surface area contributed by atoms with E-state index in [0.717, 1.165) is 32.1 Å². The standard InChI is InChI=1S/C15H24N4O/c1-19-14-4-2-3-13(12(14)9-17-19)18-11-7-5-10(6-8-11)15(16)20/h9-11,13,18H,2-8H2,1H3,(H2,16,20). The Kier molecular flexibility index (Phi) is 3.78. The lowest BCUT2D eigenvalue weighted by Crippen LogP contribution is -2.39. The number of carbonyl (C=O) groups excluding carboxylic acids is 1. The molecule has 20 heavy (non-hydrogen) atoms. The molecule has 1 aromatic rings. The van der Waals surface area contributed by atoms with Crippen molar-refractivity contribution in [2.75, 3.05) is 0 Å². The van der Waals surface area contributed by atoms with E-state index >= 15 is 0 Å². The van der Waals surface area contributed by atoms with Crippen molar-refractivity contribution in [3.63, 3.8) is 0 Å². The van der Waals surface area contributed by atoms with E-state index < -0.39 is 0 Å². The summed E-state index contributed by atoms with van der Waals surface area (Å²) in [4.78, 5) is 11.2. The van der Waals surface area contributed by atoms with Gasteiger partial charge < -0.3 is 11.1 Å². The molecule has 110 valence electrons. The third kappa shape index (κ3) is 2.59. The van der Waals surface area contributed by atoms with Crippen LogP contribution in [0.2, 0.25) is 0 Å². The van der Waals surface area contributed by atoms with Gasteiger partial charge in [0.05, 0.1) is 6.20 Å². The number of amides is 1. The molecule has 1 amide bonds. The van der Waals surface area contributed by atoms with E-state index in [2.05, 4.69) is 10.4 Å². The van der Waals surface area contributed by atoms with Gasteiger partial charge in [0.1, 0.15) is 0 Å². The highest BCUT2D eigenvalue weighted by atomic mass is 16.1. The van der Waals surface area contributed by atoms with Crippen LogP contribution in [0.15, 0.2) is 6.20 Å². The fraction of sp³-hybridized carbons (Fsp3) is 0.733. The molecule has 1 atom stereocenters. The number of nitrogens with zero attached hydrogens (tertiary/aromatic N) is 2. The Labute approximate surface area is 119 Å². The lowest BCUT2D eigenvalue weighted by molar-refractivity contribution is -0.122. The molecule has 5 heteroatoms. The van der Waals surface area contributed by atoms with E-state index in [1.807, 2.05) is 17.9 Å². The van der Waals surface area contributed by atoms with Gasteiger partial charge in [0, 0.05) is 36.3 Å². The molecule has 0 aromatic carbocycles. The highest BCUT2D eigenvalue weighted by Crippen LogP contribution is 2.32. The van der Waals surface area contributed by atoms with Gasteiger partial charge in [-0.05, 0) is 44.9 Å². The second-order valence-corrected chi connectivity index (χ2v) is 6.23. The van der Waals surface area contributed by atoms with Gasteiger partial charge in [-0.1, -0.05) is 0 Å². The van der Waals surface area contributed by atoms with Crippen molar-refractivity contribution < 1.29 is 4.79 Å². The van der Waals surface area contributed by atoms with E-state index in [1.165, 1.54) is 24.1 Å². The molecular weight excluding hydrogens is 252 g/mol. The molecule has 1 saturated carbocycles. The van der Waals surface area contributed by atoms with E-state index in [9.17, 15) is 4.79 Å². The van der Waals surface area contributed by atoms with Crippen molar-refractivity contribution in [3.05, 3.63) is 17.5 Å². The number of carbonyl (C=O) groups is 1. The molecule has 1 aromatic heterocycles. The number of aryl methyl sites for hydroxylation is 1. The highest BCUT2D eigenvalue weighted by Gasteiger charge is 2.29. The van der Waals surface area contributed by atoms with Crippen LogP contribution in [0.1, 0.15) is 55.8 Å². The van der Waals surface area contributed by atoms with Gasteiger partial charge in [0.25, 0.3) is 0 Å². The van der Waals surface area contributed by atoms with Crippen LogP contribution >= 0.6 is 0 Å². The van der Waals surface area contributed by atoms with Gasteiger partial charge in [-0.3, -0.25) is 9.48 Å². The quantitative estimate of drug-likeness (QED) is 0.877. The maximum absolute atomic E-state index is 11.2. The van der Waals surface area contributed by atoms with Crippen LogP contribution in [0.3, 0.4) is 0 Å². The largest absolute Gasteiger partial charge is 0.369 e. The topological polar surface area (TPSA) is 72.9 Å². The molecule has 0 radical (unpaired) electrons. The predicted octanol–water partition coefficient (Wildman–Crippen LogP) is 1.43. The first-order valence-corrected chi connectivity index (χ1v) is 7.71. The maximum Gasteiger partial charge on any atom is 0.220 e. The number of nitrogens with one attached hydrogen (secondary N) is 1. The molecular formula is C15H24N4O. The summed E-state index contributed by atoms with van der Waals surface area (Å²) in [6, 6.07) is 0.948. The van der Waals surface area contributed by atoms with Crippen molar-refractivity contribution in [2.45, 2.75) is 57.0 Å². The normalized spacial score (nSPS) is 29.9. The summed E-state index contributed by atoms with van der Waals surface area (Å²) in [6.07, 6.45) is 9.54. The van der Waals surface area contributed by atoms with E-state index in [1.54, 1.807) is 0 Å². The summed E-state index contributed by atoms with van der Waals surface area (Å²) < 4.78 is 2.01. The van der Waals surface area contributed by atoms with Gasteiger partial charge in [-0.2, -0.15) is 5.10 Å². The van der Waals surface area contributed by atoms with Gasteiger partial charge in [-0.15, -0.1) is 0 Å². The van der Waals surface area contributed by atoms with Crippen molar-refractivity contribution in [1.82, 2.24) is 15.1 Å². The van der Waals surface area contributed by atoms with Crippen LogP contribution in [-0.4, -0.2) is 21.7 Å². The minimum atomic E-state index is -0.129. The Morgan fingerprint density at radius 3 is 2.80 bits per heavy atom. The zero-order valence-electron chi connectivity index (χ0n) is 12.1. The van der Waals surface area contributed by atoms with Crippen LogP contribution < -0.4 is 11.1 Å². The van der Waals surface area contributed by atoms with Crippen molar-refractivity contribution in [1.29, 1.82) is 0 Å². The fourth-order valence-corrected chi connectivity index (χ4v) is 3.71. The molecule has 0 bridgehead atoms. The average molecular weight is 276 g/mol. The second-order valence-electron chi connectivity index (χ2n) is 6.23. The van der Waals surface area contributed by atoms with Gasteiger partial charge in [0.2, 0.25) is 5.91 Å². The van der Waals surface area contributed by atoms with Crippen molar-refractivity contribution >= 4 is 5.91 Å². The second kappa shape index (κ2) is 5.56. The predicted molar refractivity (Wildman–Crippen MR) is 77.0 cm³/mol. The molecule has 3 N–H and O–H groups in total. The van der Waals surface area contributed by atoms with Crippen LogP contribution in [0.25, 0.3) is 0 Å². The summed E-state index contributed by atoms with van der Waals surface area (Å²) >= 11 is 0. The Bertz CT molecular complexity index is 488. The summed E-state index contributed by atoms with van der Waals surface area (Å²) in [6.45, 7) is 0. The van der Waals surface area contributed by atoms with Crippen LogP contribution in [0, 0.1) is 5.92 Å². The minimum Gasteiger partial charge on any atom is -0.369 e. The fourth-order valence-electron chi connectivity index (χ4n) is 3.71. The van der Waals surface area contributed by atoms with Gasteiger partial charge in [-0.25, -0.2) is 0 Å². The minimum absolute atomic E-state index is 0.0911. The summed E-state index contributed by atoms with van der Waals surface area (Å²) in [5.41, 5.74) is 8.14. The molecule has 5 nitrogen and oxygen atoms in total. The van der Waals surface area contributed by atoms with E-state index in [-0.39, 0.29) is 11.8 Å². The summed E-state index contributed by atoms with van der Waals surface area (Å²) in [7, 11) is 2.03. The molecule has 0 aliphatic heterocycles. The number of primary amides is 1. The maximum atomic E-state index is 11.2. The zero-order valence-corrected chi connectivity index (χ0v) is 12.1. The number of aromatic nitrogens is 2. The van der Waals surface area contributed by atoms with Crippen LogP contribution in [0.4, 0.5) is 0 Å². The van der Waals surface area contributed by atoms with Crippen molar-refractivity contribution in [2.24, 2.45) is 18.7 Å². The number of hydrogen-bond donors (Lipinski definition) is 2. The lowest BCUT2D eigenvalue weighted by atomic mass is 9.84.